The maximum Gasteiger partial charge on any atom is 0.130 e. The van der Waals surface area contributed by atoms with Gasteiger partial charge in [0.1, 0.15) is 7.28 Å². The Hall–Kier alpha value is 0.0649. The van der Waals surface area contributed by atoms with Gasteiger partial charge in [0.15, 0.2) is 0 Å². The van der Waals surface area contributed by atoms with Crippen LogP contribution in [0.3, 0.4) is 0 Å². The van der Waals surface area contributed by atoms with Crippen molar-refractivity contribution in [2.75, 3.05) is 0 Å². The van der Waals surface area contributed by atoms with Crippen molar-refractivity contribution in [1.82, 2.24) is 0 Å². The summed E-state index contributed by atoms with van der Waals surface area (Å²) in [4.78, 5) is 0. The fraction of sp³-hybridized carbons (Fsp3) is 1.00. The Morgan fingerprint density at radius 1 is 0.733 bits per heavy atom. The Bertz CT molecular complexity index is 147. The minimum absolute atomic E-state index is 0.536. The maximum absolute atomic E-state index is 2.39. The van der Waals surface area contributed by atoms with Crippen LogP contribution < -0.4 is 0 Å². The van der Waals surface area contributed by atoms with Gasteiger partial charge in [0.25, 0.3) is 0 Å². The molecule has 0 nitrogen and oxygen atoms in total. The fourth-order valence-electron chi connectivity index (χ4n) is 2.96. The standard InChI is InChI=1S/C14H29B/c1-14(2,3)15-13-11-9-7-5-4-6-8-10-12-13/h13,15H,4-12H2,1-3H3. The van der Waals surface area contributed by atoms with E-state index in [1.165, 1.54) is 65.1 Å². The van der Waals surface area contributed by atoms with E-state index in [4.69, 9.17) is 0 Å². The molecule has 1 rings (SSSR count). The van der Waals surface area contributed by atoms with Crippen molar-refractivity contribution in [2.45, 2.75) is 89.7 Å². The first-order valence-electron chi connectivity index (χ1n) is 7.08. The zero-order valence-electron chi connectivity index (χ0n) is 11.1. The lowest BCUT2D eigenvalue weighted by atomic mass is 9.46. The van der Waals surface area contributed by atoms with Gasteiger partial charge in [0.2, 0.25) is 0 Å². The summed E-state index contributed by atoms with van der Waals surface area (Å²) in [6, 6.07) is 0. The summed E-state index contributed by atoms with van der Waals surface area (Å²) in [6.45, 7) is 7.18. The van der Waals surface area contributed by atoms with E-state index in [0.29, 0.717) is 5.31 Å². The zero-order chi connectivity index (χ0) is 11.1. The van der Waals surface area contributed by atoms with E-state index in [2.05, 4.69) is 20.8 Å². The Balaban J connectivity index is 2.31. The van der Waals surface area contributed by atoms with Gasteiger partial charge >= 0.3 is 0 Å². The van der Waals surface area contributed by atoms with Gasteiger partial charge in [-0.15, -0.1) is 0 Å². The van der Waals surface area contributed by atoms with Gasteiger partial charge in [-0.25, -0.2) is 0 Å². The SMILES string of the molecule is CC(C)(C)BC1CCCCCCCCC1. The molecule has 0 aromatic rings. The highest BCUT2D eigenvalue weighted by atomic mass is 14.1. The van der Waals surface area contributed by atoms with Crippen molar-refractivity contribution in [2.24, 2.45) is 0 Å². The molecule has 0 aliphatic heterocycles. The highest BCUT2D eigenvalue weighted by Crippen LogP contribution is 2.33. The molecule has 0 amide bonds. The minimum atomic E-state index is 0.536. The van der Waals surface area contributed by atoms with Gasteiger partial charge in [-0.2, -0.15) is 0 Å². The number of hydrogen-bond acceptors (Lipinski definition) is 0. The van der Waals surface area contributed by atoms with Crippen LogP contribution in [0.4, 0.5) is 0 Å². The molecule has 0 heterocycles. The molecule has 1 saturated carbocycles. The molecule has 0 spiro atoms. The highest BCUT2D eigenvalue weighted by molar-refractivity contribution is 6.41. The summed E-state index contributed by atoms with van der Waals surface area (Å²) < 4.78 is 0. The van der Waals surface area contributed by atoms with Gasteiger partial charge < -0.3 is 0 Å². The van der Waals surface area contributed by atoms with E-state index in [1.54, 1.807) is 0 Å². The van der Waals surface area contributed by atoms with Crippen molar-refractivity contribution in [1.29, 1.82) is 0 Å². The monoisotopic (exact) mass is 208 g/mol. The van der Waals surface area contributed by atoms with Gasteiger partial charge in [0, 0.05) is 0 Å². The summed E-state index contributed by atoms with van der Waals surface area (Å²) in [5.41, 5.74) is 0. The van der Waals surface area contributed by atoms with Crippen LogP contribution in [0.15, 0.2) is 0 Å². The topological polar surface area (TPSA) is 0 Å². The van der Waals surface area contributed by atoms with E-state index in [0.717, 1.165) is 5.82 Å². The lowest BCUT2D eigenvalue weighted by molar-refractivity contribution is 0.497. The van der Waals surface area contributed by atoms with Gasteiger partial charge in [-0.3, -0.25) is 0 Å². The van der Waals surface area contributed by atoms with Crippen LogP contribution in [-0.4, -0.2) is 7.28 Å². The molecule has 1 aliphatic carbocycles. The molecule has 0 unspecified atom stereocenters. The number of rotatable bonds is 1. The van der Waals surface area contributed by atoms with Crippen LogP contribution >= 0.6 is 0 Å². The van der Waals surface area contributed by atoms with Crippen molar-refractivity contribution in [3.8, 4) is 0 Å². The highest BCUT2D eigenvalue weighted by Gasteiger charge is 2.20. The molecular formula is C14H29B. The third-order valence-electron chi connectivity index (χ3n) is 3.63. The molecule has 0 saturated heterocycles. The third kappa shape index (κ3) is 7.03. The van der Waals surface area contributed by atoms with E-state index in [1.807, 2.05) is 0 Å². The van der Waals surface area contributed by atoms with E-state index in [-0.39, 0.29) is 0 Å². The molecule has 1 fully saturated rings. The molecular weight excluding hydrogens is 179 g/mol. The zero-order valence-corrected chi connectivity index (χ0v) is 11.1. The predicted molar refractivity (Wildman–Crippen MR) is 72.2 cm³/mol. The maximum atomic E-state index is 2.39. The summed E-state index contributed by atoms with van der Waals surface area (Å²) in [6.07, 6.45) is 13.4. The Kier molecular flexibility index (Phi) is 5.78. The Morgan fingerprint density at radius 2 is 1.13 bits per heavy atom. The van der Waals surface area contributed by atoms with Gasteiger partial charge in [-0.1, -0.05) is 89.7 Å². The van der Waals surface area contributed by atoms with E-state index < -0.39 is 0 Å². The molecule has 0 bridgehead atoms. The molecule has 1 heteroatoms. The summed E-state index contributed by atoms with van der Waals surface area (Å²) in [5.74, 6) is 1.02. The molecule has 15 heavy (non-hydrogen) atoms. The van der Waals surface area contributed by atoms with Crippen LogP contribution in [0.5, 0.6) is 0 Å². The average molecular weight is 208 g/mol. The first kappa shape index (κ1) is 13.1. The second kappa shape index (κ2) is 6.61. The van der Waals surface area contributed by atoms with Crippen LogP contribution in [0.1, 0.15) is 78.6 Å². The van der Waals surface area contributed by atoms with E-state index >= 15 is 0 Å². The fourth-order valence-corrected chi connectivity index (χ4v) is 2.96. The molecule has 0 aromatic heterocycles. The van der Waals surface area contributed by atoms with Gasteiger partial charge in [-0.05, 0) is 0 Å². The van der Waals surface area contributed by atoms with Crippen molar-refractivity contribution in [3.63, 3.8) is 0 Å². The summed E-state index contributed by atoms with van der Waals surface area (Å²) in [7, 11) is 1.44. The van der Waals surface area contributed by atoms with Crippen molar-refractivity contribution < 1.29 is 0 Å². The molecule has 0 aromatic carbocycles. The smallest absolute Gasteiger partial charge is 0.0671 e. The van der Waals surface area contributed by atoms with Crippen LogP contribution in [0.2, 0.25) is 11.1 Å². The largest absolute Gasteiger partial charge is 0.130 e. The second-order valence-corrected chi connectivity index (χ2v) is 6.68. The first-order chi connectivity index (χ1) is 7.08. The molecule has 0 atom stereocenters. The summed E-state index contributed by atoms with van der Waals surface area (Å²) >= 11 is 0. The third-order valence-corrected chi connectivity index (χ3v) is 3.63. The van der Waals surface area contributed by atoms with E-state index in [9.17, 15) is 0 Å². The molecule has 1 aliphatic rings. The predicted octanol–water partition coefficient (Wildman–Crippen LogP) is 4.95. The molecule has 0 N–H and O–H groups in total. The Morgan fingerprint density at radius 3 is 1.53 bits per heavy atom. The van der Waals surface area contributed by atoms with Gasteiger partial charge in [0.05, 0.1) is 0 Å². The van der Waals surface area contributed by atoms with Crippen molar-refractivity contribution >= 4 is 7.28 Å². The second-order valence-electron chi connectivity index (χ2n) is 6.68. The van der Waals surface area contributed by atoms with Crippen molar-refractivity contribution in [3.05, 3.63) is 0 Å². The lowest BCUT2D eigenvalue weighted by Gasteiger charge is -2.25. The lowest BCUT2D eigenvalue weighted by Crippen LogP contribution is -2.15. The quantitative estimate of drug-likeness (QED) is 0.534. The average Bonchev–Trinajstić information content (AvgIpc) is 2.13. The number of hydrogen-bond donors (Lipinski definition) is 0. The minimum Gasteiger partial charge on any atom is -0.0671 e. The molecule has 0 radical (unpaired) electrons. The first-order valence-corrected chi connectivity index (χ1v) is 7.08. The van der Waals surface area contributed by atoms with Crippen LogP contribution in [0, 0.1) is 0 Å². The van der Waals surface area contributed by atoms with Crippen LogP contribution in [0.25, 0.3) is 0 Å². The van der Waals surface area contributed by atoms with Crippen LogP contribution in [-0.2, 0) is 0 Å². The summed E-state index contributed by atoms with van der Waals surface area (Å²) in [5, 5.41) is 0.536. The Labute approximate surface area is 97.5 Å². The molecule has 88 valence electrons. The normalized spacial score (nSPS) is 22.3.